The Labute approximate surface area is 161 Å². The molecule has 0 heterocycles. The molecule has 3 rings (SSSR count). The van der Waals surface area contributed by atoms with Gasteiger partial charge in [0.25, 0.3) is 0 Å². The second-order valence-corrected chi connectivity index (χ2v) is 9.63. The van der Waals surface area contributed by atoms with Gasteiger partial charge >= 0.3 is 0 Å². The van der Waals surface area contributed by atoms with Crippen LogP contribution in [0.5, 0.6) is 0 Å². The first-order valence-electron chi connectivity index (χ1n) is 9.29. The summed E-state index contributed by atoms with van der Waals surface area (Å²) in [7, 11) is 0. The lowest BCUT2D eigenvalue weighted by Gasteiger charge is -2.28. The number of hydrogen-bond acceptors (Lipinski definition) is 2. The lowest BCUT2D eigenvalue weighted by atomic mass is 10.4. The summed E-state index contributed by atoms with van der Waals surface area (Å²) in [5.74, 6) is 1.97. The summed E-state index contributed by atoms with van der Waals surface area (Å²) in [4.78, 5) is 12.9. The third-order valence-corrected chi connectivity index (χ3v) is 8.43. The number of rotatable bonds is 8. The van der Waals surface area contributed by atoms with Crippen LogP contribution < -0.4 is 15.9 Å². The van der Waals surface area contributed by atoms with Gasteiger partial charge in [0, 0.05) is 6.61 Å². The third-order valence-electron chi connectivity index (χ3n) is 4.42. The molecule has 2 nitrogen and oxygen atoms in total. The number of ketones is 1. The molecule has 0 aromatic heterocycles. The highest BCUT2D eigenvalue weighted by Crippen LogP contribution is 2.43. The molecule has 3 aromatic rings. The van der Waals surface area contributed by atoms with E-state index in [1.165, 1.54) is 15.9 Å². The highest BCUT2D eigenvalue weighted by atomic mass is 31.2. The molecule has 0 atom stereocenters. The van der Waals surface area contributed by atoms with Gasteiger partial charge in [0.2, 0.25) is 0 Å². The van der Waals surface area contributed by atoms with Crippen LogP contribution in [-0.2, 0) is 9.53 Å². The first-order chi connectivity index (χ1) is 13.3. The van der Waals surface area contributed by atoms with Crippen molar-refractivity contribution in [2.45, 2.75) is 13.3 Å². The van der Waals surface area contributed by atoms with Gasteiger partial charge in [-0.05, 0) is 35.0 Å². The lowest BCUT2D eigenvalue weighted by molar-refractivity contribution is -0.116. The molecule has 0 amide bonds. The van der Waals surface area contributed by atoms with Crippen molar-refractivity contribution in [1.82, 2.24) is 0 Å². The normalized spacial score (nSPS) is 11.1. The van der Waals surface area contributed by atoms with Gasteiger partial charge in [-0.2, -0.15) is 0 Å². The van der Waals surface area contributed by atoms with Crippen LogP contribution in [0.3, 0.4) is 0 Å². The van der Waals surface area contributed by atoms with E-state index in [0.29, 0.717) is 6.61 Å². The van der Waals surface area contributed by atoms with Crippen molar-refractivity contribution in [2.75, 3.05) is 13.2 Å². The van der Waals surface area contributed by atoms with Gasteiger partial charge in [-0.15, -0.1) is 0 Å². The molecule has 3 heteroatoms. The molecule has 0 fully saturated rings. The first kappa shape index (κ1) is 19.4. The van der Waals surface area contributed by atoms with E-state index in [0.717, 1.165) is 6.42 Å². The standard InChI is InChI=1S/C24H25O2P/c1-2-18-26-19-21(25)20-27(22-12-6-3-7-13-22,23-14-8-4-9-15-23)24-16-10-5-11-17-24/h3-17,20H,2,18-19H2,1H3. The van der Waals surface area contributed by atoms with Crippen molar-refractivity contribution >= 4 is 34.4 Å². The number of carbonyl (C=O) groups is 1. The Hall–Kier alpha value is -2.41. The lowest BCUT2D eigenvalue weighted by Crippen LogP contribution is -2.29. The molecule has 0 spiro atoms. The smallest absolute Gasteiger partial charge is 0.182 e. The van der Waals surface area contributed by atoms with Crippen molar-refractivity contribution in [1.29, 1.82) is 0 Å². The van der Waals surface area contributed by atoms with E-state index in [1.807, 2.05) is 67.3 Å². The highest BCUT2D eigenvalue weighted by molar-refractivity contribution is 7.95. The van der Waals surface area contributed by atoms with Crippen LogP contribution in [0.2, 0.25) is 0 Å². The van der Waals surface area contributed by atoms with E-state index in [9.17, 15) is 4.79 Å². The maximum atomic E-state index is 12.9. The van der Waals surface area contributed by atoms with Gasteiger partial charge in [0.05, 0.1) is 0 Å². The van der Waals surface area contributed by atoms with E-state index in [-0.39, 0.29) is 12.4 Å². The number of hydrogen-bond donors (Lipinski definition) is 0. The summed E-state index contributed by atoms with van der Waals surface area (Å²) in [5.41, 5.74) is 0. The zero-order chi connectivity index (χ0) is 19.0. The van der Waals surface area contributed by atoms with Gasteiger partial charge < -0.3 is 4.74 Å². The molecule has 0 bridgehead atoms. The second kappa shape index (κ2) is 9.50. The van der Waals surface area contributed by atoms with E-state index in [2.05, 4.69) is 36.4 Å². The van der Waals surface area contributed by atoms with Gasteiger partial charge in [0.1, 0.15) is 6.61 Å². The van der Waals surface area contributed by atoms with Crippen LogP contribution in [0.25, 0.3) is 0 Å². The van der Waals surface area contributed by atoms with Crippen molar-refractivity contribution in [3.63, 3.8) is 0 Å². The molecule has 0 aliphatic carbocycles. The second-order valence-electron chi connectivity index (χ2n) is 6.38. The van der Waals surface area contributed by atoms with E-state index >= 15 is 0 Å². The molecule has 0 N–H and O–H groups in total. The fourth-order valence-corrected chi connectivity index (χ4v) is 7.01. The number of ether oxygens (including phenoxy) is 1. The quantitative estimate of drug-likeness (QED) is 0.442. The topological polar surface area (TPSA) is 26.3 Å². The van der Waals surface area contributed by atoms with Crippen LogP contribution in [0.4, 0.5) is 0 Å². The zero-order valence-corrected chi connectivity index (χ0v) is 16.5. The highest BCUT2D eigenvalue weighted by Gasteiger charge is 2.26. The zero-order valence-electron chi connectivity index (χ0n) is 15.6. The molecule has 138 valence electrons. The summed E-state index contributed by atoms with van der Waals surface area (Å²) in [6.07, 6.45) is 0.906. The Morgan fingerprint density at radius 3 is 1.56 bits per heavy atom. The van der Waals surface area contributed by atoms with Gasteiger partial charge in [0.15, 0.2) is 5.78 Å². The number of Topliss-reactive ketones (excluding diaryl/α,β-unsaturated/α-hetero) is 1. The molecule has 0 aliphatic heterocycles. The fourth-order valence-electron chi connectivity index (χ4n) is 3.23. The van der Waals surface area contributed by atoms with Crippen LogP contribution in [-0.4, -0.2) is 24.8 Å². The minimum absolute atomic E-state index is 0.0355. The Kier molecular flexibility index (Phi) is 6.81. The van der Waals surface area contributed by atoms with E-state index in [4.69, 9.17) is 4.74 Å². The molecule has 27 heavy (non-hydrogen) atoms. The summed E-state index contributed by atoms with van der Waals surface area (Å²) >= 11 is 0. The Bertz CT molecular complexity index is 799. The molecular formula is C24H25O2P. The van der Waals surface area contributed by atoms with Crippen molar-refractivity contribution in [3.8, 4) is 0 Å². The number of carbonyl (C=O) groups excluding carboxylic acids is 1. The largest absolute Gasteiger partial charge is 0.373 e. The molecule has 0 saturated heterocycles. The summed E-state index contributed by atoms with van der Waals surface area (Å²) in [6.45, 7) is 0.564. The van der Waals surface area contributed by atoms with Crippen LogP contribution >= 0.6 is 6.89 Å². The predicted octanol–water partition coefficient (Wildman–Crippen LogP) is 3.78. The van der Waals surface area contributed by atoms with Crippen LogP contribution in [0, 0.1) is 0 Å². The molecule has 0 radical (unpaired) electrons. The maximum Gasteiger partial charge on any atom is 0.182 e. The van der Waals surface area contributed by atoms with E-state index < -0.39 is 6.89 Å². The van der Waals surface area contributed by atoms with Gasteiger partial charge in [-0.1, -0.05) is 97.9 Å². The average molecular weight is 376 g/mol. The molecular weight excluding hydrogens is 351 g/mol. The molecule has 3 aromatic carbocycles. The van der Waals surface area contributed by atoms with Crippen molar-refractivity contribution in [3.05, 3.63) is 91.0 Å². The monoisotopic (exact) mass is 376 g/mol. The van der Waals surface area contributed by atoms with Crippen LogP contribution in [0.15, 0.2) is 91.0 Å². The minimum atomic E-state index is -2.21. The van der Waals surface area contributed by atoms with Gasteiger partial charge in [-0.25, -0.2) is 0 Å². The Balaban J connectivity index is 2.25. The average Bonchev–Trinajstić information content (AvgIpc) is 2.74. The fraction of sp³-hybridized carbons (Fsp3) is 0.167. The van der Waals surface area contributed by atoms with Crippen LogP contribution in [0.1, 0.15) is 13.3 Å². The van der Waals surface area contributed by atoms with E-state index in [1.54, 1.807) is 0 Å². The van der Waals surface area contributed by atoms with Crippen molar-refractivity contribution in [2.24, 2.45) is 0 Å². The number of benzene rings is 3. The maximum absolute atomic E-state index is 12.9. The molecule has 0 unspecified atom stereocenters. The molecule has 0 saturated carbocycles. The van der Waals surface area contributed by atoms with Crippen molar-refractivity contribution < 1.29 is 9.53 Å². The summed E-state index contributed by atoms with van der Waals surface area (Å²) in [5, 5.41) is 3.52. The Morgan fingerprint density at radius 1 is 0.778 bits per heavy atom. The Morgan fingerprint density at radius 2 is 1.19 bits per heavy atom. The third kappa shape index (κ3) is 4.47. The first-order valence-corrected chi connectivity index (χ1v) is 11.1. The summed E-state index contributed by atoms with van der Waals surface area (Å²) < 4.78 is 5.54. The predicted molar refractivity (Wildman–Crippen MR) is 117 cm³/mol. The SMILES string of the molecule is CCCOCC(=O)C=P(c1ccccc1)(c1ccccc1)c1ccccc1. The molecule has 0 aliphatic rings. The minimum Gasteiger partial charge on any atom is -0.373 e. The summed E-state index contributed by atoms with van der Waals surface area (Å²) in [6, 6.07) is 31.1. The van der Waals surface area contributed by atoms with Gasteiger partial charge in [-0.3, -0.25) is 4.79 Å².